The molecule has 0 fully saturated rings. The summed E-state index contributed by atoms with van der Waals surface area (Å²) in [5.41, 5.74) is 4.21. The molecule has 138 valence electrons. The normalized spacial score (nSPS) is 13.4. The maximum Gasteiger partial charge on any atom is 0.264 e. The van der Waals surface area contributed by atoms with E-state index in [0.717, 1.165) is 17.0 Å². The van der Waals surface area contributed by atoms with Crippen molar-refractivity contribution in [2.75, 3.05) is 23.9 Å². The minimum absolute atomic E-state index is 0.00840. The van der Waals surface area contributed by atoms with Gasteiger partial charge < -0.3 is 19.4 Å². The van der Waals surface area contributed by atoms with E-state index in [0.29, 0.717) is 30.0 Å². The van der Waals surface area contributed by atoms with Crippen LogP contribution in [0.4, 0.5) is 11.4 Å². The van der Waals surface area contributed by atoms with Crippen LogP contribution in [0, 0.1) is 6.92 Å². The number of pyridine rings is 1. The van der Waals surface area contributed by atoms with Gasteiger partial charge in [0, 0.05) is 37.1 Å². The Hall–Kier alpha value is -3.35. The van der Waals surface area contributed by atoms with E-state index in [-0.39, 0.29) is 18.4 Å². The number of hydrogen-bond acceptors (Lipinski definition) is 4. The highest BCUT2D eigenvalue weighted by molar-refractivity contribution is 5.98. The van der Waals surface area contributed by atoms with E-state index in [1.165, 1.54) is 0 Å². The average Bonchev–Trinajstić information content (AvgIpc) is 2.98. The Bertz CT molecular complexity index is 1040. The smallest absolute Gasteiger partial charge is 0.264 e. The van der Waals surface area contributed by atoms with E-state index in [9.17, 15) is 9.59 Å². The molecule has 2 aromatic heterocycles. The van der Waals surface area contributed by atoms with Crippen molar-refractivity contribution in [3.63, 3.8) is 0 Å². The average molecular weight is 364 g/mol. The molecule has 2 amide bonds. The molecule has 3 aromatic rings. The molecular weight excluding hydrogens is 344 g/mol. The number of hydrogen-bond donors (Lipinski definition) is 1. The summed E-state index contributed by atoms with van der Waals surface area (Å²) in [4.78, 5) is 30.1. The van der Waals surface area contributed by atoms with Gasteiger partial charge in [-0.05, 0) is 37.6 Å². The summed E-state index contributed by atoms with van der Waals surface area (Å²) in [6.07, 6.45) is 2.91. The lowest BCUT2D eigenvalue weighted by Gasteiger charge is -2.26. The van der Waals surface area contributed by atoms with E-state index in [4.69, 9.17) is 4.74 Å². The van der Waals surface area contributed by atoms with Crippen LogP contribution in [0.3, 0.4) is 0 Å². The Labute approximate surface area is 156 Å². The van der Waals surface area contributed by atoms with Gasteiger partial charge in [-0.25, -0.2) is 4.98 Å². The summed E-state index contributed by atoms with van der Waals surface area (Å²) in [6, 6.07) is 11.1. The van der Waals surface area contributed by atoms with Gasteiger partial charge in [-0.15, -0.1) is 0 Å². The molecule has 0 unspecified atom stereocenters. The topological polar surface area (TPSA) is 75.9 Å². The van der Waals surface area contributed by atoms with Crippen molar-refractivity contribution >= 4 is 28.8 Å². The minimum Gasteiger partial charge on any atom is -0.481 e. The summed E-state index contributed by atoms with van der Waals surface area (Å²) in [6.45, 7) is 1.97. The van der Waals surface area contributed by atoms with Gasteiger partial charge in [0.05, 0.1) is 11.4 Å². The molecule has 27 heavy (non-hydrogen) atoms. The molecule has 0 spiro atoms. The van der Waals surface area contributed by atoms with Crippen molar-refractivity contribution in [1.29, 1.82) is 0 Å². The quantitative estimate of drug-likeness (QED) is 0.772. The molecule has 7 nitrogen and oxygen atoms in total. The molecule has 0 saturated carbocycles. The van der Waals surface area contributed by atoms with Crippen molar-refractivity contribution in [2.45, 2.75) is 19.8 Å². The van der Waals surface area contributed by atoms with Crippen LogP contribution < -0.4 is 15.0 Å². The monoisotopic (exact) mass is 364 g/mol. The Morgan fingerprint density at radius 3 is 3.00 bits per heavy atom. The molecule has 1 aliphatic rings. The summed E-state index contributed by atoms with van der Waals surface area (Å²) < 4.78 is 7.47. The molecule has 0 radical (unpaired) electrons. The highest BCUT2D eigenvalue weighted by Crippen LogP contribution is 2.33. The Morgan fingerprint density at radius 1 is 1.30 bits per heavy atom. The van der Waals surface area contributed by atoms with Gasteiger partial charge in [0.1, 0.15) is 11.4 Å². The Kier molecular flexibility index (Phi) is 4.27. The Morgan fingerprint density at radius 2 is 2.15 bits per heavy atom. The van der Waals surface area contributed by atoms with Crippen LogP contribution in [0.1, 0.15) is 17.8 Å². The van der Waals surface area contributed by atoms with Gasteiger partial charge >= 0.3 is 0 Å². The van der Waals surface area contributed by atoms with E-state index in [1.54, 1.807) is 30.1 Å². The van der Waals surface area contributed by atoms with Crippen molar-refractivity contribution in [2.24, 2.45) is 0 Å². The number of aromatic nitrogens is 2. The number of nitrogens with zero attached hydrogens (tertiary/aromatic N) is 3. The first-order valence-corrected chi connectivity index (χ1v) is 8.79. The van der Waals surface area contributed by atoms with Crippen molar-refractivity contribution in [3.05, 3.63) is 54.0 Å². The summed E-state index contributed by atoms with van der Waals surface area (Å²) >= 11 is 0. The van der Waals surface area contributed by atoms with Crippen LogP contribution in [0.5, 0.6) is 5.75 Å². The SMILES string of the molecule is Cc1nc2ccccn2c1CCC(=O)Nc1ccc2c(c1)OCC(=O)N2C. The van der Waals surface area contributed by atoms with Crippen molar-refractivity contribution < 1.29 is 14.3 Å². The number of ether oxygens (including phenoxy) is 1. The second-order valence-corrected chi connectivity index (χ2v) is 6.54. The Balaban J connectivity index is 1.44. The van der Waals surface area contributed by atoms with Gasteiger partial charge in [0.15, 0.2) is 6.61 Å². The predicted molar refractivity (Wildman–Crippen MR) is 102 cm³/mol. The van der Waals surface area contributed by atoms with Crippen LogP contribution in [-0.4, -0.2) is 34.9 Å². The fourth-order valence-electron chi connectivity index (χ4n) is 3.28. The first-order valence-electron chi connectivity index (χ1n) is 8.79. The molecule has 0 atom stereocenters. The van der Waals surface area contributed by atoms with Crippen LogP contribution in [0.2, 0.25) is 0 Å². The number of amides is 2. The van der Waals surface area contributed by atoms with E-state index in [2.05, 4.69) is 10.3 Å². The molecule has 0 aliphatic carbocycles. The van der Waals surface area contributed by atoms with Gasteiger partial charge in [0.25, 0.3) is 5.91 Å². The number of rotatable bonds is 4. The lowest BCUT2D eigenvalue weighted by atomic mass is 10.2. The number of likely N-dealkylation sites (N-methyl/N-ethyl adjacent to an activating group) is 1. The highest BCUT2D eigenvalue weighted by Gasteiger charge is 2.22. The summed E-state index contributed by atoms with van der Waals surface area (Å²) in [5, 5.41) is 2.90. The molecule has 3 heterocycles. The van der Waals surface area contributed by atoms with Crippen LogP contribution in [-0.2, 0) is 16.0 Å². The molecule has 4 rings (SSSR count). The van der Waals surface area contributed by atoms with Gasteiger partial charge in [-0.1, -0.05) is 6.07 Å². The fourth-order valence-corrected chi connectivity index (χ4v) is 3.28. The zero-order valence-corrected chi connectivity index (χ0v) is 15.2. The number of carbonyl (C=O) groups is 2. The minimum atomic E-state index is -0.0947. The largest absolute Gasteiger partial charge is 0.481 e. The van der Waals surface area contributed by atoms with E-state index >= 15 is 0 Å². The van der Waals surface area contributed by atoms with E-state index in [1.807, 2.05) is 35.7 Å². The third kappa shape index (κ3) is 3.23. The number of anilines is 2. The maximum atomic E-state index is 12.4. The van der Waals surface area contributed by atoms with E-state index < -0.39 is 0 Å². The van der Waals surface area contributed by atoms with Gasteiger partial charge in [-0.2, -0.15) is 0 Å². The third-order valence-electron chi connectivity index (χ3n) is 4.75. The molecular formula is C20H20N4O3. The predicted octanol–water partition coefficient (Wildman–Crippen LogP) is 2.57. The molecule has 7 heteroatoms. The lowest BCUT2D eigenvalue weighted by Crippen LogP contribution is -2.35. The van der Waals surface area contributed by atoms with Gasteiger partial charge in [-0.3, -0.25) is 9.59 Å². The summed E-state index contributed by atoms with van der Waals surface area (Å²) in [5.74, 6) is 0.413. The number of aryl methyl sites for hydroxylation is 2. The maximum absolute atomic E-state index is 12.4. The number of carbonyl (C=O) groups excluding carboxylic acids is 2. The van der Waals surface area contributed by atoms with Gasteiger partial charge in [0.2, 0.25) is 5.91 Å². The third-order valence-corrected chi connectivity index (χ3v) is 4.75. The molecule has 1 aromatic carbocycles. The zero-order chi connectivity index (χ0) is 19.0. The molecule has 1 N–H and O–H groups in total. The number of imidazole rings is 1. The van der Waals surface area contributed by atoms with Crippen molar-refractivity contribution in [1.82, 2.24) is 9.38 Å². The number of benzene rings is 1. The first-order chi connectivity index (χ1) is 13.0. The first kappa shape index (κ1) is 17.1. The molecule has 0 bridgehead atoms. The highest BCUT2D eigenvalue weighted by atomic mass is 16.5. The lowest BCUT2D eigenvalue weighted by molar-refractivity contribution is -0.121. The fraction of sp³-hybridized carbons (Fsp3) is 0.250. The number of fused-ring (bicyclic) bond motifs is 2. The van der Waals surface area contributed by atoms with Crippen LogP contribution in [0.25, 0.3) is 5.65 Å². The zero-order valence-electron chi connectivity index (χ0n) is 15.2. The number of nitrogens with one attached hydrogen (secondary N) is 1. The summed E-state index contributed by atoms with van der Waals surface area (Å²) in [7, 11) is 1.71. The van der Waals surface area contributed by atoms with Crippen molar-refractivity contribution in [3.8, 4) is 5.75 Å². The second-order valence-electron chi connectivity index (χ2n) is 6.54. The molecule has 0 saturated heterocycles. The van der Waals surface area contributed by atoms with Crippen LogP contribution >= 0.6 is 0 Å². The van der Waals surface area contributed by atoms with Crippen LogP contribution in [0.15, 0.2) is 42.6 Å². The molecule has 1 aliphatic heterocycles. The standard InChI is InChI=1S/C20H20N4O3/c1-13-15(24-10-4-3-5-18(24)21-13)8-9-19(25)22-14-6-7-16-17(11-14)27-12-20(26)23(16)2/h3-7,10-11H,8-9,12H2,1-2H3,(H,22,25). The second kappa shape index (κ2) is 6.75.